The molecule has 0 aliphatic carbocycles. The first-order valence-electron chi connectivity index (χ1n) is 5.24. The van der Waals surface area contributed by atoms with Crippen molar-refractivity contribution < 1.29 is 4.79 Å². The number of rotatable bonds is 3. The molecule has 0 aliphatic rings. The van der Waals surface area contributed by atoms with Gasteiger partial charge in [-0.15, -0.1) is 11.3 Å². The van der Waals surface area contributed by atoms with Crippen LogP contribution in [-0.2, 0) is 6.54 Å². The summed E-state index contributed by atoms with van der Waals surface area (Å²) in [4.78, 5) is 12.6. The van der Waals surface area contributed by atoms with Crippen LogP contribution in [0.2, 0.25) is 0 Å². The summed E-state index contributed by atoms with van der Waals surface area (Å²) < 4.78 is 0.852. The van der Waals surface area contributed by atoms with Gasteiger partial charge in [0.2, 0.25) is 0 Å². The van der Waals surface area contributed by atoms with Crippen molar-refractivity contribution in [3.63, 3.8) is 0 Å². The Labute approximate surface area is 113 Å². The molecule has 0 saturated carbocycles. The lowest BCUT2D eigenvalue weighted by Gasteiger charge is -2.07. The third-order valence-electron chi connectivity index (χ3n) is 2.52. The number of aryl methyl sites for hydroxylation is 1. The Balaban J connectivity index is 2.02. The molecule has 2 aromatic rings. The minimum absolute atomic E-state index is 0.0323. The Kier molecular flexibility index (Phi) is 3.97. The van der Waals surface area contributed by atoms with Gasteiger partial charge in [-0.3, -0.25) is 4.79 Å². The third-order valence-corrected chi connectivity index (χ3v) is 4.36. The van der Waals surface area contributed by atoms with E-state index >= 15 is 0 Å². The minimum Gasteiger partial charge on any atom is -0.347 e. The number of carbonyl (C=O) groups excluding carboxylic acids is 1. The van der Waals surface area contributed by atoms with Gasteiger partial charge in [-0.1, -0.05) is 24.3 Å². The summed E-state index contributed by atoms with van der Waals surface area (Å²) in [5.74, 6) is -0.0323. The highest BCUT2D eigenvalue weighted by molar-refractivity contribution is 9.10. The lowest BCUT2D eigenvalue weighted by molar-refractivity contribution is 0.0954. The fourth-order valence-corrected chi connectivity index (χ4v) is 2.99. The molecule has 0 bridgehead atoms. The highest BCUT2D eigenvalue weighted by atomic mass is 79.9. The first-order chi connectivity index (χ1) is 8.18. The summed E-state index contributed by atoms with van der Waals surface area (Å²) in [6, 6.07) is 9.93. The smallest absolute Gasteiger partial charge is 0.262 e. The average Bonchev–Trinajstić information content (AvgIpc) is 2.74. The summed E-state index contributed by atoms with van der Waals surface area (Å²) in [6.45, 7) is 2.61. The van der Waals surface area contributed by atoms with Crippen LogP contribution in [0.1, 0.15) is 20.8 Å². The van der Waals surface area contributed by atoms with Crippen LogP contribution in [0.25, 0.3) is 0 Å². The number of amides is 1. The maximum Gasteiger partial charge on any atom is 0.262 e. The summed E-state index contributed by atoms with van der Waals surface area (Å²) >= 11 is 4.80. The number of nitrogens with one attached hydrogen (secondary N) is 1. The maximum atomic E-state index is 11.9. The molecular formula is C13H12BrNOS. The van der Waals surface area contributed by atoms with Crippen LogP contribution in [0.5, 0.6) is 0 Å². The second kappa shape index (κ2) is 5.47. The molecular weight excluding hydrogens is 298 g/mol. The van der Waals surface area contributed by atoms with Crippen LogP contribution in [0.4, 0.5) is 0 Å². The van der Waals surface area contributed by atoms with E-state index in [0.29, 0.717) is 6.54 Å². The van der Waals surface area contributed by atoms with Gasteiger partial charge in [-0.2, -0.15) is 0 Å². The molecule has 0 spiro atoms. The van der Waals surface area contributed by atoms with Crippen LogP contribution in [0.15, 0.2) is 40.2 Å². The molecule has 2 nitrogen and oxygen atoms in total. The van der Waals surface area contributed by atoms with Crippen LogP contribution in [-0.4, -0.2) is 5.91 Å². The van der Waals surface area contributed by atoms with Crippen molar-refractivity contribution in [1.29, 1.82) is 0 Å². The van der Waals surface area contributed by atoms with E-state index in [1.54, 1.807) is 0 Å². The molecule has 0 atom stereocenters. The predicted molar refractivity (Wildman–Crippen MR) is 74.4 cm³/mol. The number of halogens is 1. The molecule has 1 amide bonds. The normalized spacial score (nSPS) is 10.2. The van der Waals surface area contributed by atoms with Gasteiger partial charge < -0.3 is 5.32 Å². The minimum atomic E-state index is -0.0323. The van der Waals surface area contributed by atoms with Crippen LogP contribution in [0, 0.1) is 6.92 Å². The zero-order chi connectivity index (χ0) is 12.3. The zero-order valence-electron chi connectivity index (χ0n) is 9.37. The van der Waals surface area contributed by atoms with E-state index in [1.807, 2.05) is 42.6 Å². The molecule has 0 saturated heterocycles. The monoisotopic (exact) mass is 309 g/mol. The molecule has 1 aromatic carbocycles. The Bertz CT molecular complexity index is 536. The number of hydrogen-bond acceptors (Lipinski definition) is 2. The molecule has 0 unspecified atom stereocenters. The molecule has 88 valence electrons. The lowest BCUT2D eigenvalue weighted by Crippen LogP contribution is -2.22. The van der Waals surface area contributed by atoms with Gasteiger partial charge in [-0.25, -0.2) is 0 Å². The van der Waals surface area contributed by atoms with E-state index in [9.17, 15) is 4.79 Å². The van der Waals surface area contributed by atoms with Crippen molar-refractivity contribution in [3.05, 3.63) is 56.2 Å². The van der Waals surface area contributed by atoms with Gasteiger partial charge in [0.15, 0.2) is 0 Å². The van der Waals surface area contributed by atoms with Crippen molar-refractivity contribution in [1.82, 2.24) is 5.32 Å². The van der Waals surface area contributed by atoms with Crippen LogP contribution >= 0.6 is 27.3 Å². The third kappa shape index (κ3) is 2.96. The van der Waals surface area contributed by atoms with Gasteiger partial charge in [0.1, 0.15) is 4.88 Å². The quantitative estimate of drug-likeness (QED) is 0.919. The van der Waals surface area contributed by atoms with E-state index < -0.39 is 0 Å². The topological polar surface area (TPSA) is 29.1 Å². The molecule has 1 N–H and O–H groups in total. The number of benzene rings is 1. The Morgan fingerprint density at radius 2 is 2.12 bits per heavy atom. The second-order valence-electron chi connectivity index (χ2n) is 3.71. The fraction of sp³-hybridized carbons (Fsp3) is 0.154. The van der Waals surface area contributed by atoms with Gasteiger partial charge >= 0.3 is 0 Å². The zero-order valence-corrected chi connectivity index (χ0v) is 11.8. The van der Waals surface area contributed by atoms with Gasteiger partial charge in [-0.05, 0) is 45.4 Å². The molecule has 17 heavy (non-hydrogen) atoms. The molecule has 0 aliphatic heterocycles. The number of carbonyl (C=O) groups is 1. The largest absolute Gasteiger partial charge is 0.347 e. The van der Waals surface area contributed by atoms with E-state index in [2.05, 4.69) is 21.2 Å². The van der Waals surface area contributed by atoms with E-state index in [0.717, 1.165) is 14.9 Å². The van der Waals surface area contributed by atoms with E-state index in [-0.39, 0.29) is 5.91 Å². The highest BCUT2D eigenvalue weighted by Gasteiger charge is 2.10. The molecule has 4 heteroatoms. The summed E-state index contributed by atoms with van der Waals surface area (Å²) in [5, 5.41) is 4.82. The van der Waals surface area contributed by atoms with E-state index in [1.165, 1.54) is 16.9 Å². The van der Waals surface area contributed by atoms with Gasteiger partial charge in [0, 0.05) is 11.0 Å². The Morgan fingerprint density at radius 1 is 1.35 bits per heavy atom. The molecule has 1 aromatic heterocycles. The number of thiophene rings is 1. The van der Waals surface area contributed by atoms with Crippen molar-refractivity contribution in [3.8, 4) is 0 Å². The van der Waals surface area contributed by atoms with Gasteiger partial charge in [0.25, 0.3) is 5.91 Å². The molecule has 0 radical (unpaired) electrons. The highest BCUT2D eigenvalue weighted by Crippen LogP contribution is 2.22. The first kappa shape index (κ1) is 12.3. The second-order valence-corrected chi connectivity index (χ2v) is 5.48. The average molecular weight is 310 g/mol. The van der Waals surface area contributed by atoms with Gasteiger partial charge in [0.05, 0.1) is 0 Å². The lowest BCUT2D eigenvalue weighted by atomic mass is 10.1. The molecule has 0 fully saturated rings. The van der Waals surface area contributed by atoms with Crippen molar-refractivity contribution >= 4 is 33.2 Å². The molecule has 2 rings (SSSR count). The SMILES string of the molecule is Cc1ccccc1CNC(=O)c1sccc1Br. The van der Waals surface area contributed by atoms with Crippen molar-refractivity contribution in [2.24, 2.45) is 0 Å². The fourth-order valence-electron chi connectivity index (χ4n) is 1.52. The van der Waals surface area contributed by atoms with Crippen molar-refractivity contribution in [2.75, 3.05) is 0 Å². The standard InChI is InChI=1S/C13H12BrNOS/c1-9-4-2-3-5-10(9)8-15-13(16)12-11(14)6-7-17-12/h2-7H,8H2,1H3,(H,15,16). The molecule has 1 heterocycles. The van der Waals surface area contributed by atoms with Crippen LogP contribution < -0.4 is 5.32 Å². The predicted octanol–water partition coefficient (Wildman–Crippen LogP) is 3.75. The summed E-state index contributed by atoms with van der Waals surface area (Å²) in [7, 11) is 0. The Morgan fingerprint density at radius 3 is 2.76 bits per heavy atom. The maximum absolute atomic E-state index is 11.9. The van der Waals surface area contributed by atoms with Crippen molar-refractivity contribution in [2.45, 2.75) is 13.5 Å². The summed E-state index contributed by atoms with van der Waals surface area (Å²) in [5.41, 5.74) is 2.34. The summed E-state index contributed by atoms with van der Waals surface area (Å²) in [6.07, 6.45) is 0. The first-order valence-corrected chi connectivity index (χ1v) is 6.91. The number of hydrogen-bond donors (Lipinski definition) is 1. The van der Waals surface area contributed by atoms with Crippen LogP contribution in [0.3, 0.4) is 0 Å². The Hall–Kier alpha value is -1.13. The van der Waals surface area contributed by atoms with E-state index in [4.69, 9.17) is 0 Å².